The number of carbonyl (C=O) groups is 1. The third-order valence-electron chi connectivity index (χ3n) is 3.34. The number of carbonyl (C=O) groups excluding carboxylic acids is 1. The molecule has 0 saturated carbocycles. The fourth-order valence-electron chi connectivity index (χ4n) is 2.13. The number of nitrogens with zero attached hydrogens (tertiary/aromatic N) is 4. The number of hydrazone groups is 1. The number of thiophene rings is 1. The predicted octanol–water partition coefficient (Wildman–Crippen LogP) is 4.19. The van der Waals surface area contributed by atoms with Crippen molar-refractivity contribution in [3.63, 3.8) is 0 Å². The molecule has 0 atom stereocenters. The Morgan fingerprint density at radius 1 is 1.30 bits per heavy atom. The van der Waals surface area contributed by atoms with Crippen LogP contribution in [-0.2, 0) is 6.54 Å². The van der Waals surface area contributed by atoms with Crippen LogP contribution in [-0.4, -0.2) is 26.8 Å². The zero-order valence-electron chi connectivity index (χ0n) is 13.5. The molecule has 11 heteroatoms. The van der Waals surface area contributed by atoms with Gasteiger partial charge in [-0.2, -0.15) is 10.2 Å². The van der Waals surface area contributed by atoms with Gasteiger partial charge in [0, 0.05) is 16.7 Å². The topological polar surface area (TPSA) is 102 Å². The van der Waals surface area contributed by atoms with E-state index in [9.17, 15) is 14.9 Å². The van der Waals surface area contributed by atoms with Crippen LogP contribution in [0.25, 0.3) is 0 Å². The van der Waals surface area contributed by atoms with Crippen LogP contribution in [0.1, 0.15) is 20.9 Å². The lowest BCUT2D eigenvalue weighted by molar-refractivity contribution is -0.380. The summed E-state index contributed by atoms with van der Waals surface area (Å²) in [5.41, 5.74) is 3.60. The van der Waals surface area contributed by atoms with E-state index in [1.165, 1.54) is 12.3 Å². The lowest BCUT2D eigenvalue weighted by atomic mass is 10.2. The number of aromatic nitrogens is 2. The Balaban J connectivity index is 1.64. The summed E-state index contributed by atoms with van der Waals surface area (Å²) in [6.07, 6.45) is 3.06. The molecule has 3 aromatic rings. The highest BCUT2D eigenvalue weighted by molar-refractivity contribution is 9.10. The van der Waals surface area contributed by atoms with Gasteiger partial charge in [0.15, 0.2) is 5.69 Å². The van der Waals surface area contributed by atoms with Gasteiger partial charge in [0.1, 0.15) is 0 Å². The van der Waals surface area contributed by atoms with E-state index in [4.69, 9.17) is 0 Å². The molecule has 0 spiro atoms. The van der Waals surface area contributed by atoms with Gasteiger partial charge < -0.3 is 0 Å². The monoisotopic (exact) mass is 511 g/mol. The molecule has 1 N–H and O–H groups in total. The number of halogens is 2. The summed E-state index contributed by atoms with van der Waals surface area (Å²) in [6, 6.07) is 10.7. The second-order valence-corrected chi connectivity index (χ2v) is 8.15. The standard InChI is InChI=1S/C16H11Br2N5O3S/c17-11-3-1-10(2-4-11)8-22-9-13(18)15(21-22)16(24)20-19-7-12-5-6-14(27-12)23(25)26/h1-7,9H,8H2,(H,20,24). The highest BCUT2D eigenvalue weighted by Gasteiger charge is 2.15. The Hall–Kier alpha value is -2.37. The molecule has 0 radical (unpaired) electrons. The summed E-state index contributed by atoms with van der Waals surface area (Å²) in [6.45, 7) is 0.515. The van der Waals surface area contributed by atoms with E-state index in [-0.39, 0.29) is 10.7 Å². The molecule has 0 unspecified atom stereocenters. The second kappa shape index (κ2) is 8.55. The molecule has 27 heavy (non-hydrogen) atoms. The normalized spacial score (nSPS) is 11.0. The summed E-state index contributed by atoms with van der Waals surface area (Å²) in [5.74, 6) is -0.487. The quantitative estimate of drug-likeness (QED) is 0.304. The van der Waals surface area contributed by atoms with E-state index in [0.29, 0.717) is 15.9 Å². The molecule has 3 rings (SSSR count). The number of hydrogen-bond acceptors (Lipinski definition) is 6. The average Bonchev–Trinajstić information content (AvgIpc) is 3.24. The van der Waals surface area contributed by atoms with Crippen LogP contribution >= 0.6 is 43.2 Å². The minimum atomic E-state index is -0.487. The maximum Gasteiger partial charge on any atom is 0.324 e. The van der Waals surface area contributed by atoms with Crippen LogP contribution in [0.3, 0.4) is 0 Å². The Labute approximate surface area is 174 Å². The molecular formula is C16H11Br2N5O3S. The molecular weight excluding hydrogens is 502 g/mol. The van der Waals surface area contributed by atoms with Crippen molar-refractivity contribution < 1.29 is 9.72 Å². The second-order valence-electron chi connectivity index (χ2n) is 5.28. The number of nitro groups is 1. The van der Waals surface area contributed by atoms with Gasteiger partial charge in [-0.3, -0.25) is 19.6 Å². The van der Waals surface area contributed by atoms with Gasteiger partial charge in [0.05, 0.1) is 27.0 Å². The van der Waals surface area contributed by atoms with Gasteiger partial charge in [0.2, 0.25) is 0 Å². The number of amides is 1. The summed E-state index contributed by atoms with van der Waals surface area (Å²) in [5, 5.41) is 18.8. The molecule has 2 aromatic heterocycles. The number of nitrogens with one attached hydrogen (secondary N) is 1. The molecule has 0 aliphatic rings. The summed E-state index contributed by atoms with van der Waals surface area (Å²) in [7, 11) is 0. The largest absolute Gasteiger partial charge is 0.324 e. The van der Waals surface area contributed by atoms with E-state index in [2.05, 4.69) is 47.5 Å². The Morgan fingerprint density at radius 3 is 2.70 bits per heavy atom. The first-order valence-corrected chi connectivity index (χ1v) is 9.87. The van der Waals surface area contributed by atoms with Crippen molar-refractivity contribution in [3.05, 3.63) is 77.8 Å². The highest BCUT2D eigenvalue weighted by atomic mass is 79.9. The van der Waals surface area contributed by atoms with Gasteiger partial charge in [-0.15, -0.1) is 0 Å². The van der Waals surface area contributed by atoms with Crippen LogP contribution in [0, 0.1) is 10.1 Å². The van der Waals surface area contributed by atoms with E-state index in [0.717, 1.165) is 21.4 Å². The number of rotatable bonds is 6. The summed E-state index contributed by atoms with van der Waals surface area (Å²) < 4.78 is 3.18. The van der Waals surface area contributed by atoms with Crippen molar-refractivity contribution in [2.75, 3.05) is 0 Å². The lowest BCUT2D eigenvalue weighted by Crippen LogP contribution is -2.19. The molecule has 1 amide bonds. The molecule has 1 aromatic carbocycles. The minimum Gasteiger partial charge on any atom is -0.266 e. The third kappa shape index (κ3) is 5.08. The molecule has 0 saturated heterocycles. The third-order valence-corrected chi connectivity index (χ3v) is 5.42. The van der Waals surface area contributed by atoms with Crippen LogP contribution in [0.2, 0.25) is 0 Å². The first-order chi connectivity index (χ1) is 12.9. The van der Waals surface area contributed by atoms with Crippen LogP contribution in [0.4, 0.5) is 5.00 Å². The first-order valence-electron chi connectivity index (χ1n) is 7.47. The Morgan fingerprint density at radius 2 is 2.04 bits per heavy atom. The zero-order chi connectivity index (χ0) is 19.4. The molecule has 0 aliphatic carbocycles. The van der Waals surface area contributed by atoms with Crippen molar-refractivity contribution in [1.29, 1.82) is 0 Å². The summed E-state index contributed by atoms with van der Waals surface area (Å²) >= 11 is 7.67. The first kappa shape index (κ1) is 19.4. The summed E-state index contributed by atoms with van der Waals surface area (Å²) in [4.78, 5) is 23.0. The molecule has 138 valence electrons. The van der Waals surface area contributed by atoms with Crippen LogP contribution < -0.4 is 5.43 Å². The maximum atomic E-state index is 12.2. The van der Waals surface area contributed by atoms with Gasteiger partial charge >= 0.3 is 5.00 Å². The molecule has 0 aliphatic heterocycles. The average molecular weight is 513 g/mol. The maximum absolute atomic E-state index is 12.2. The van der Waals surface area contributed by atoms with Gasteiger partial charge in [-0.25, -0.2) is 5.43 Å². The van der Waals surface area contributed by atoms with Crippen molar-refractivity contribution >= 4 is 60.3 Å². The SMILES string of the molecule is O=C(NN=Cc1ccc([N+](=O)[O-])s1)c1nn(Cc2ccc(Br)cc2)cc1Br. The fraction of sp³-hybridized carbons (Fsp3) is 0.0625. The van der Waals surface area contributed by atoms with Crippen LogP contribution in [0.5, 0.6) is 0 Å². The smallest absolute Gasteiger partial charge is 0.266 e. The van der Waals surface area contributed by atoms with Crippen molar-refractivity contribution in [1.82, 2.24) is 15.2 Å². The predicted molar refractivity (Wildman–Crippen MR) is 109 cm³/mol. The zero-order valence-corrected chi connectivity index (χ0v) is 17.5. The number of hydrogen-bond donors (Lipinski definition) is 1. The molecule has 0 bridgehead atoms. The van der Waals surface area contributed by atoms with Crippen LogP contribution in [0.15, 0.2) is 56.6 Å². The van der Waals surface area contributed by atoms with Gasteiger partial charge in [-0.05, 0) is 39.7 Å². The van der Waals surface area contributed by atoms with Gasteiger partial charge in [-0.1, -0.05) is 39.4 Å². The van der Waals surface area contributed by atoms with Gasteiger partial charge in [0.25, 0.3) is 5.91 Å². The van der Waals surface area contributed by atoms with Crippen molar-refractivity contribution in [2.45, 2.75) is 6.54 Å². The fourth-order valence-corrected chi connectivity index (χ4v) is 3.58. The molecule has 8 nitrogen and oxygen atoms in total. The highest BCUT2D eigenvalue weighted by Crippen LogP contribution is 2.22. The van der Waals surface area contributed by atoms with E-state index < -0.39 is 10.8 Å². The minimum absolute atomic E-state index is 0.0113. The number of benzene rings is 1. The molecule has 0 fully saturated rings. The Kier molecular flexibility index (Phi) is 6.14. The lowest BCUT2D eigenvalue weighted by Gasteiger charge is -2.01. The van der Waals surface area contributed by atoms with E-state index in [1.807, 2.05) is 24.3 Å². The van der Waals surface area contributed by atoms with Crippen molar-refractivity contribution in [3.8, 4) is 0 Å². The van der Waals surface area contributed by atoms with Crippen molar-refractivity contribution in [2.24, 2.45) is 5.10 Å². The Bertz CT molecular complexity index is 1010. The van der Waals surface area contributed by atoms with E-state index in [1.54, 1.807) is 16.9 Å². The van der Waals surface area contributed by atoms with E-state index >= 15 is 0 Å². The molecule has 2 heterocycles.